The molecular weight excluding hydrogens is 514 g/mol. The lowest BCUT2D eigenvalue weighted by atomic mass is 9.87. The number of ether oxygens (including phenoxy) is 2. The van der Waals surface area contributed by atoms with E-state index in [1.165, 1.54) is 37.8 Å². The number of hydrogen-bond donors (Lipinski definition) is 2. The number of rotatable bonds is 9. The van der Waals surface area contributed by atoms with Gasteiger partial charge in [-0.25, -0.2) is 5.43 Å². The van der Waals surface area contributed by atoms with E-state index in [1.54, 1.807) is 12.1 Å². The molecule has 0 saturated carbocycles. The maximum atomic E-state index is 12.6. The summed E-state index contributed by atoms with van der Waals surface area (Å²) < 4.78 is 12.2. The van der Waals surface area contributed by atoms with E-state index in [-0.39, 0.29) is 34.3 Å². The van der Waals surface area contributed by atoms with Crippen molar-refractivity contribution >= 4 is 23.9 Å². The molecule has 1 aromatic heterocycles. The lowest BCUT2D eigenvalue weighted by Crippen LogP contribution is -2.20. The summed E-state index contributed by atoms with van der Waals surface area (Å²) in [5, 5.41) is 23.5. The van der Waals surface area contributed by atoms with Crippen LogP contribution in [0.3, 0.4) is 0 Å². The Labute approximate surface area is 231 Å². The average Bonchev–Trinajstić information content (AvgIpc) is 3.36. The molecular formula is C29H31N5O4S. The van der Waals surface area contributed by atoms with Gasteiger partial charge in [0.1, 0.15) is 0 Å². The number of phenolic OH excluding ortho intramolecular Hbond substituents is 1. The van der Waals surface area contributed by atoms with Crippen molar-refractivity contribution in [3.8, 4) is 34.3 Å². The van der Waals surface area contributed by atoms with Gasteiger partial charge >= 0.3 is 0 Å². The third kappa shape index (κ3) is 6.58. The molecule has 10 heteroatoms. The van der Waals surface area contributed by atoms with Crippen LogP contribution in [0.1, 0.15) is 31.9 Å². The van der Waals surface area contributed by atoms with E-state index in [0.717, 1.165) is 11.3 Å². The van der Waals surface area contributed by atoms with Gasteiger partial charge in [0.2, 0.25) is 5.75 Å². The smallest absolute Gasteiger partial charge is 0.250 e. The summed E-state index contributed by atoms with van der Waals surface area (Å²) in [4.78, 5) is 12.6. The fraction of sp³-hybridized carbons (Fsp3) is 0.241. The zero-order valence-corrected chi connectivity index (χ0v) is 23.3. The number of aromatic nitrogens is 3. The highest BCUT2D eigenvalue weighted by Crippen LogP contribution is 2.36. The number of para-hydroxylation sites is 1. The molecule has 2 N–H and O–H groups in total. The van der Waals surface area contributed by atoms with Crippen LogP contribution in [0.5, 0.6) is 17.2 Å². The Morgan fingerprint density at radius 1 is 1.03 bits per heavy atom. The van der Waals surface area contributed by atoms with Gasteiger partial charge in [-0.2, -0.15) is 5.10 Å². The Morgan fingerprint density at radius 3 is 2.26 bits per heavy atom. The van der Waals surface area contributed by atoms with Crippen LogP contribution in [0.2, 0.25) is 0 Å². The predicted octanol–water partition coefficient (Wildman–Crippen LogP) is 5.20. The van der Waals surface area contributed by atoms with Crippen LogP contribution in [-0.2, 0) is 10.2 Å². The van der Waals surface area contributed by atoms with Gasteiger partial charge in [-0.05, 0) is 35.2 Å². The number of hydrazone groups is 1. The SMILES string of the molecule is COc1cc(/C=N/NC(=O)CSc2nnc(-c3ccc(C(C)(C)C)cc3)n2-c2ccccc2)cc(OC)c1O. The highest BCUT2D eigenvalue weighted by molar-refractivity contribution is 7.99. The minimum absolute atomic E-state index is 0.0446. The first-order valence-electron chi connectivity index (χ1n) is 12.2. The molecule has 0 unspecified atom stereocenters. The van der Waals surface area contributed by atoms with Crippen LogP contribution >= 0.6 is 11.8 Å². The number of phenols is 1. The second kappa shape index (κ2) is 12.0. The van der Waals surface area contributed by atoms with Crippen LogP contribution in [-0.4, -0.2) is 52.0 Å². The van der Waals surface area contributed by atoms with Crippen LogP contribution < -0.4 is 14.9 Å². The Morgan fingerprint density at radius 2 is 1.67 bits per heavy atom. The molecule has 0 aliphatic carbocycles. The van der Waals surface area contributed by atoms with E-state index in [4.69, 9.17) is 9.47 Å². The second-order valence-corrected chi connectivity index (χ2v) is 10.6. The van der Waals surface area contributed by atoms with Crippen molar-refractivity contribution in [3.63, 3.8) is 0 Å². The van der Waals surface area contributed by atoms with Crippen LogP contribution in [0.4, 0.5) is 0 Å². The summed E-state index contributed by atoms with van der Waals surface area (Å²) >= 11 is 1.26. The number of nitrogens with one attached hydrogen (secondary N) is 1. The number of carbonyl (C=O) groups excluding carboxylic acids is 1. The molecule has 0 aliphatic rings. The first-order valence-corrected chi connectivity index (χ1v) is 13.2. The zero-order valence-electron chi connectivity index (χ0n) is 22.5. The van der Waals surface area contributed by atoms with Crippen molar-refractivity contribution in [2.24, 2.45) is 5.10 Å². The van der Waals surface area contributed by atoms with E-state index in [2.05, 4.69) is 53.6 Å². The molecule has 39 heavy (non-hydrogen) atoms. The van der Waals surface area contributed by atoms with Gasteiger partial charge in [0, 0.05) is 16.8 Å². The topological polar surface area (TPSA) is 111 Å². The monoisotopic (exact) mass is 545 g/mol. The Kier molecular flexibility index (Phi) is 8.55. The second-order valence-electron chi connectivity index (χ2n) is 9.66. The van der Waals surface area contributed by atoms with Crippen molar-refractivity contribution < 1.29 is 19.4 Å². The summed E-state index contributed by atoms with van der Waals surface area (Å²) in [5.41, 5.74) is 6.20. The molecule has 0 bridgehead atoms. The van der Waals surface area contributed by atoms with Gasteiger partial charge in [-0.1, -0.05) is 75.0 Å². The quantitative estimate of drug-likeness (QED) is 0.169. The largest absolute Gasteiger partial charge is 0.502 e. The van der Waals surface area contributed by atoms with Gasteiger partial charge in [0.25, 0.3) is 5.91 Å². The molecule has 4 aromatic rings. The summed E-state index contributed by atoms with van der Waals surface area (Å²) in [5.74, 6) is 0.826. The Bertz CT molecular complexity index is 1440. The van der Waals surface area contributed by atoms with Crippen molar-refractivity contribution in [1.29, 1.82) is 0 Å². The van der Waals surface area contributed by atoms with Crippen molar-refractivity contribution in [1.82, 2.24) is 20.2 Å². The number of methoxy groups -OCH3 is 2. The molecule has 9 nitrogen and oxygen atoms in total. The predicted molar refractivity (Wildman–Crippen MR) is 153 cm³/mol. The molecule has 1 amide bonds. The number of aromatic hydroxyl groups is 1. The molecule has 0 saturated heterocycles. The third-order valence-corrected chi connectivity index (χ3v) is 6.82. The molecule has 0 radical (unpaired) electrons. The number of benzene rings is 3. The van der Waals surface area contributed by atoms with Crippen molar-refractivity contribution in [2.45, 2.75) is 31.3 Å². The van der Waals surface area contributed by atoms with Crippen LogP contribution in [0.15, 0.2) is 77.0 Å². The number of hydrogen-bond acceptors (Lipinski definition) is 8. The fourth-order valence-corrected chi connectivity index (χ4v) is 4.55. The van der Waals surface area contributed by atoms with Crippen LogP contribution in [0, 0.1) is 0 Å². The lowest BCUT2D eigenvalue weighted by molar-refractivity contribution is -0.118. The summed E-state index contributed by atoms with van der Waals surface area (Å²) in [6.07, 6.45) is 1.44. The maximum Gasteiger partial charge on any atom is 0.250 e. The summed E-state index contributed by atoms with van der Waals surface area (Å²) in [7, 11) is 2.88. The normalized spacial score (nSPS) is 11.5. The molecule has 0 fully saturated rings. The van der Waals surface area contributed by atoms with Gasteiger partial charge in [-0.3, -0.25) is 9.36 Å². The van der Waals surface area contributed by atoms with E-state index >= 15 is 0 Å². The van der Waals surface area contributed by atoms with E-state index in [9.17, 15) is 9.90 Å². The first kappa shape index (κ1) is 27.7. The third-order valence-electron chi connectivity index (χ3n) is 5.89. The highest BCUT2D eigenvalue weighted by atomic mass is 32.2. The highest BCUT2D eigenvalue weighted by Gasteiger charge is 2.19. The minimum atomic E-state index is -0.312. The van der Waals surface area contributed by atoms with E-state index < -0.39 is 0 Å². The van der Waals surface area contributed by atoms with Gasteiger partial charge in [0.05, 0.1) is 26.2 Å². The minimum Gasteiger partial charge on any atom is -0.502 e. The molecule has 4 rings (SSSR count). The van der Waals surface area contributed by atoms with Crippen molar-refractivity contribution in [2.75, 3.05) is 20.0 Å². The molecule has 1 heterocycles. The molecule has 0 atom stereocenters. The number of carbonyl (C=O) groups is 1. The molecule has 202 valence electrons. The van der Waals surface area contributed by atoms with Crippen molar-refractivity contribution in [3.05, 3.63) is 77.9 Å². The molecule has 0 aliphatic heterocycles. The Balaban J connectivity index is 1.50. The average molecular weight is 546 g/mol. The van der Waals surface area contributed by atoms with Crippen LogP contribution in [0.25, 0.3) is 17.1 Å². The van der Waals surface area contributed by atoms with Gasteiger partial charge in [-0.15, -0.1) is 10.2 Å². The standard InChI is InChI=1S/C29H31N5O4S/c1-29(2,3)21-13-11-20(12-14-21)27-32-33-28(34(27)22-9-7-6-8-10-22)39-18-25(35)31-30-17-19-15-23(37-4)26(36)24(16-19)38-5/h6-17,36H,18H2,1-5H3,(H,31,35)/b30-17+. The van der Waals surface area contributed by atoms with Gasteiger partial charge < -0.3 is 14.6 Å². The number of nitrogens with zero attached hydrogens (tertiary/aromatic N) is 4. The number of thioether (sulfide) groups is 1. The number of amides is 1. The maximum absolute atomic E-state index is 12.6. The summed E-state index contributed by atoms with van der Waals surface area (Å²) in [6, 6.07) is 21.3. The molecule has 0 spiro atoms. The first-order chi connectivity index (χ1) is 18.7. The lowest BCUT2D eigenvalue weighted by Gasteiger charge is -2.19. The Hall–Kier alpha value is -4.31. The van der Waals surface area contributed by atoms with Gasteiger partial charge in [0.15, 0.2) is 22.5 Å². The summed E-state index contributed by atoms with van der Waals surface area (Å²) in [6.45, 7) is 6.53. The van der Waals surface area contributed by atoms with E-state index in [0.29, 0.717) is 16.5 Å². The zero-order chi connectivity index (χ0) is 28.0. The van der Waals surface area contributed by atoms with E-state index in [1.807, 2.05) is 47.0 Å². The molecule has 3 aromatic carbocycles. The fourth-order valence-electron chi connectivity index (χ4n) is 3.81.